The molecule has 0 aliphatic heterocycles. The molecule has 2 heterocycles. The van der Waals surface area contributed by atoms with Crippen molar-refractivity contribution < 1.29 is 22.4 Å². The van der Waals surface area contributed by atoms with Crippen LogP contribution in [0.5, 0.6) is 0 Å². The second kappa shape index (κ2) is 7.46. The van der Waals surface area contributed by atoms with Crippen molar-refractivity contribution in [1.29, 1.82) is 0 Å². The number of hydrogen-bond acceptors (Lipinski definition) is 2. The molecule has 1 N–H and O–H groups in total. The zero-order valence-electron chi connectivity index (χ0n) is 15.1. The number of hydrogen-bond donors (Lipinski definition) is 1. The first-order valence-electron chi connectivity index (χ1n) is 8.41. The van der Waals surface area contributed by atoms with Crippen LogP contribution in [0.2, 0.25) is 0 Å². The lowest BCUT2D eigenvalue weighted by Crippen LogP contribution is -2.25. The predicted molar refractivity (Wildman–Crippen MR) is 95.6 cm³/mol. The van der Waals surface area contributed by atoms with Crippen LogP contribution < -0.4 is 5.32 Å². The van der Waals surface area contributed by atoms with Crippen LogP contribution in [0.15, 0.2) is 48.8 Å². The third-order valence-electron chi connectivity index (χ3n) is 4.40. The Bertz CT molecular complexity index is 1010. The van der Waals surface area contributed by atoms with Gasteiger partial charge in [-0.25, -0.2) is 4.39 Å². The lowest BCUT2D eigenvalue weighted by molar-refractivity contribution is -0.138. The number of alkyl halides is 3. The molecule has 0 atom stereocenters. The highest BCUT2D eigenvalue weighted by Gasteiger charge is 2.33. The molecule has 1 amide bonds. The summed E-state index contributed by atoms with van der Waals surface area (Å²) < 4.78 is 54.3. The van der Waals surface area contributed by atoms with E-state index in [2.05, 4.69) is 10.3 Å². The number of nitrogens with zero attached hydrogens (tertiary/aromatic N) is 2. The van der Waals surface area contributed by atoms with Crippen LogP contribution in [-0.4, -0.2) is 15.5 Å². The molecule has 0 fully saturated rings. The number of aromatic nitrogens is 2. The molecule has 0 aliphatic rings. The summed E-state index contributed by atoms with van der Waals surface area (Å²) >= 11 is 0. The van der Waals surface area contributed by atoms with Crippen LogP contribution >= 0.6 is 0 Å². The molecular weight excluding hydrogens is 374 g/mol. The Morgan fingerprint density at radius 2 is 1.93 bits per heavy atom. The van der Waals surface area contributed by atoms with Gasteiger partial charge in [-0.3, -0.25) is 9.78 Å². The van der Waals surface area contributed by atoms with Crippen molar-refractivity contribution in [2.75, 3.05) is 0 Å². The number of carbonyl (C=O) groups excluding carboxylic acids is 1. The third-order valence-corrected chi connectivity index (χ3v) is 4.40. The molecule has 3 rings (SSSR count). The van der Waals surface area contributed by atoms with Crippen molar-refractivity contribution in [1.82, 2.24) is 14.9 Å². The number of pyridine rings is 1. The number of amides is 1. The molecule has 0 bridgehead atoms. The standard InChI is InChI=1S/C20H17F4N3O/c1-12-8-17(13(2)27(12)16-4-3-7-25-11-16)19(28)26-10-14-5-6-15(21)9-18(14)20(22,23)24/h3-9,11H,10H2,1-2H3,(H,26,28). The summed E-state index contributed by atoms with van der Waals surface area (Å²) in [6.07, 6.45) is -1.43. The van der Waals surface area contributed by atoms with E-state index >= 15 is 0 Å². The topological polar surface area (TPSA) is 46.9 Å². The Kier molecular flexibility index (Phi) is 5.22. The molecule has 0 saturated carbocycles. The van der Waals surface area contributed by atoms with E-state index in [4.69, 9.17) is 0 Å². The van der Waals surface area contributed by atoms with E-state index < -0.39 is 23.5 Å². The van der Waals surface area contributed by atoms with Crippen molar-refractivity contribution in [3.63, 3.8) is 0 Å². The van der Waals surface area contributed by atoms with Gasteiger partial charge in [-0.15, -0.1) is 0 Å². The van der Waals surface area contributed by atoms with E-state index in [1.807, 2.05) is 17.6 Å². The molecule has 8 heteroatoms. The van der Waals surface area contributed by atoms with Crippen LogP contribution in [0.25, 0.3) is 5.69 Å². The van der Waals surface area contributed by atoms with Gasteiger partial charge in [0.2, 0.25) is 0 Å². The van der Waals surface area contributed by atoms with Gasteiger partial charge in [0.25, 0.3) is 5.91 Å². The third kappa shape index (κ3) is 3.90. The Morgan fingerprint density at radius 3 is 2.57 bits per heavy atom. The fourth-order valence-corrected chi connectivity index (χ4v) is 3.11. The smallest absolute Gasteiger partial charge is 0.348 e. The molecule has 0 spiro atoms. The maximum absolute atomic E-state index is 13.2. The normalized spacial score (nSPS) is 11.5. The SMILES string of the molecule is Cc1cc(C(=O)NCc2ccc(F)cc2C(F)(F)F)c(C)n1-c1cccnc1. The molecule has 2 aromatic heterocycles. The van der Waals surface area contributed by atoms with E-state index in [9.17, 15) is 22.4 Å². The highest BCUT2D eigenvalue weighted by Crippen LogP contribution is 2.32. The minimum atomic E-state index is -4.71. The molecule has 4 nitrogen and oxygen atoms in total. The Labute approximate surface area is 158 Å². The van der Waals surface area contributed by atoms with Gasteiger partial charge in [0, 0.05) is 24.1 Å². The van der Waals surface area contributed by atoms with Gasteiger partial charge in [-0.2, -0.15) is 13.2 Å². The second-order valence-electron chi connectivity index (χ2n) is 6.31. The van der Waals surface area contributed by atoms with Crippen molar-refractivity contribution in [3.05, 3.63) is 82.7 Å². The lowest BCUT2D eigenvalue weighted by Gasteiger charge is -2.14. The summed E-state index contributed by atoms with van der Waals surface area (Å²) in [4.78, 5) is 16.6. The van der Waals surface area contributed by atoms with Gasteiger partial charge in [-0.1, -0.05) is 6.07 Å². The fourth-order valence-electron chi connectivity index (χ4n) is 3.11. The number of nitrogens with one attached hydrogen (secondary N) is 1. The summed E-state index contributed by atoms with van der Waals surface area (Å²) in [5.41, 5.74) is 1.23. The highest BCUT2D eigenvalue weighted by molar-refractivity contribution is 5.95. The first kappa shape index (κ1) is 19.6. The fraction of sp³-hybridized carbons (Fsp3) is 0.200. The number of halogens is 4. The molecular formula is C20H17F4N3O. The summed E-state index contributed by atoms with van der Waals surface area (Å²) in [6.45, 7) is 3.19. The molecule has 0 unspecified atom stereocenters. The van der Waals surface area contributed by atoms with Gasteiger partial charge < -0.3 is 9.88 Å². The summed E-state index contributed by atoms with van der Waals surface area (Å²) in [5, 5.41) is 2.49. The van der Waals surface area contributed by atoms with E-state index in [1.54, 1.807) is 31.5 Å². The van der Waals surface area contributed by atoms with Crippen molar-refractivity contribution in [2.45, 2.75) is 26.6 Å². The maximum Gasteiger partial charge on any atom is 0.416 e. The number of benzene rings is 1. The van der Waals surface area contributed by atoms with E-state index in [1.165, 1.54) is 0 Å². The van der Waals surface area contributed by atoms with Gasteiger partial charge in [-0.05, 0) is 49.7 Å². The molecule has 0 saturated heterocycles. The van der Waals surface area contributed by atoms with Crippen molar-refractivity contribution in [3.8, 4) is 5.69 Å². The first-order chi connectivity index (χ1) is 13.2. The summed E-state index contributed by atoms with van der Waals surface area (Å²) in [5.74, 6) is -1.50. The Hall–Kier alpha value is -3.16. The van der Waals surface area contributed by atoms with Gasteiger partial charge in [0.15, 0.2) is 0 Å². The van der Waals surface area contributed by atoms with Crippen LogP contribution in [-0.2, 0) is 12.7 Å². The molecule has 0 aliphatic carbocycles. The molecule has 28 heavy (non-hydrogen) atoms. The quantitative estimate of drug-likeness (QED) is 0.662. The van der Waals surface area contributed by atoms with Crippen LogP contribution in [0.4, 0.5) is 17.6 Å². The average molecular weight is 391 g/mol. The highest BCUT2D eigenvalue weighted by atomic mass is 19.4. The number of aryl methyl sites for hydroxylation is 1. The molecule has 0 radical (unpaired) electrons. The zero-order chi connectivity index (χ0) is 20.5. The molecule has 3 aromatic rings. The van der Waals surface area contributed by atoms with Crippen LogP contribution in [0.3, 0.4) is 0 Å². The Morgan fingerprint density at radius 1 is 1.18 bits per heavy atom. The van der Waals surface area contributed by atoms with Crippen LogP contribution in [0.1, 0.15) is 32.9 Å². The predicted octanol–water partition coefficient (Wildman–Crippen LogP) is 4.58. The summed E-state index contributed by atoms with van der Waals surface area (Å²) in [7, 11) is 0. The van der Waals surface area contributed by atoms with Gasteiger partial charge in [0.1, 0.15) is 5.82 Å². The van der Waals surface area contributed by atoms with Crippen LogP contribution in [0, 0.1) is 19.7 Å². The zero-order valence-corrected chi connectivity index (χ0v) is 15.1. The van der Waals surface area contributed by atoms with Crippen molar-refractivity contribution in [2.24, 2.45) is 0 Å². The molecule has 1 aromatic carbocycles. The van der Waals surface area contributed by atoms with Gasteiger partial charge >= 0.3 is 6.18 Å². The molecule has 146 valence electrons. The average Bonchev–Trinajstić information content (AvgIpc) is 2.94. The van der Waals surface area contributed by atoms with Crippen molar-refractivity contribution >= 4 is 5.91 Å². The lowest BCUT2D eigenvalue weighted by atomic mass is 10.1. The van der Waals surface area contributed by atoms with E-state index in [-0.39, 0.29) is 12.1 Å². The van der Waals surface area contributed by atoms with Gasteiger partial charge in [0.05, 0.1) is 23.0 Å². The number of rotatable bonds is 4. The van der Waals surface area contributed by atoms with E-state index in [0.717, 1.165) is 23.5 Å². The van der Waals surface area contributed by atoms with E-state index in [0.29, 0.717) is 17.3 Å². The maximum atomic E-state index is 13.2. The largest absolute Gasteiger partial charge is 0.416 e. The summed E-state index contributed by atoms with van der Waals surface area (Å²) in [6, 6.07) is 7.65. The minimum absolute atomic E-state index is 0.205. The number of carbonyl (C=O) groups is 1. The minimum Gasteiger partial charge on any atom is -0.348 e. The second-order valence-corrected chi connectivity index (χ2v) is 6.31. The monoisotopic (exact) mass is 391 g/mol. The Balaban J connectivity index is 1.84. The first-order valence-corrected chi connectivity index (χ1v) is 8.41.